The van der Waals surface area contributed by atoms with Crippen LogP contribution in [-0.4, -0.2) is 17.1 Å². The Hall–Kier alpha value is -1.66. The molecule has 2 aromatic rings. The maximum atomic E-state index is 13.9. The first-order chi connectivity index (χ1) is 10.9. The lowest BCUT2D eigenvalue weighted by Gasteiger charge is -2.15. The molecule has 0 amide bonds. The highest BCUT2D eigenvalue weighted by Gasteiger charge is 2.31. The van der Waals surface area contributed by atoms with Crippen LogP contribution < -0.4 is 5.43 Å². The van der Waals surface area contributed by atoms with Crippen LogP contribution in [0.2, 0.25) is 10.0 Å². The number of carbonyl (C=O) groups excluding carboxylic acids is 1. The van der Waals surface area contributed by atoms with Crippen LogP contribution >= 0.6 is 23.2 Å². The SMILES string of the molecule is CCOC(=O)c1cn(C2CC2)c2c(Cl)c(F)c(F)c(Cl)c2c1=O. The van der Waals surface area contributed by atoms with E-state index in [2.05, 4.69) is 0 Å². The Morgan fingerprint density at radius 1 is 1.30 bits per heavy atom. The third kappa shape index (κ3) is 2.50. The molecule has 0 atom stereocenters. The summed E-state index contributed by atoms with van der Waals surface area (Å²) in [4.78, 5) is 24.5. The highest BCUT2D eigenvalue weighted by Crippen LogP contribution is 2.41. The van der Waals surface area contributed by atoms with Gasteiger partial charge in [0.2, 0.25) is 5.43 Å². The zero-order valence-corrected chi connectivity index (χ0v) is 13.5. The molecule has 0 aliphatic heterocycles. The first kappa shape index (κ1) is 16.2. The minimum atomic E-state index is -1.41. The minimum absolute atomic E-state index is 0.00360. The number of ether oxygens (including phenoxy) is 1. The van der Waals surface area contributed by atoms with Gasteiger partial charge in [0.05, 0.1) is 22.5 Å². The van der Waals surface area contributed by atoms with Gasteiger partial charge in [-0.3, -0.25) is 4.79 Å². The summed E-state index contributed by atoms with van der Waals surface area (Å²) in [5.41, 5.74) is -1.12. The lowest BCUT2D eigenvalue weighted by atomic mass is 10.1. The van der Waals surface area contributed by atoms with Gasteiger partial charge in [-0.2, -0.15) is 0 Å². The Labute approximate surface area is 139 Å². The van der Waals surface area contributed by atoms with Gasteiger partial charge in [-0.15, -0.1) is 0 Å². The van der Waals surface area contributed by atoms with Gasteiger partial charge in [0.1, 0.15) is 10.6 Å². The fourth-order valence-electron chi connectivity index (χ4n) is 2.46. The minimum Gasteiger partial charge on any atom is -0.462 e. The van der Waals surface area contributed by atoms with Gasteiger partial charge in [0, 0.05) is 12.2 Å². The van der Waals surface area contributed by atoms with Crippen molar-refractivity contribution in [2.75, 3.05) is 6.61 Å². The summed E-state index contributed by atoms with van der Waals surface area (Å²) < 4.78 is 34.1. The Morgan fingerprint density at radius 3 is 2.48 bits per heavy atom. The molecule has 3 rings (SSSR count). The largest absolute Gasteiger partial charge is 0.462 e. The van der Waals surface area contributed by atoms with Gasteiger partial charge >= 0.3 is 5.97 Å². The van der Waals surface area contributed by atoms with Crippen LogP contribution in [0.25, 0.3) is 10.9 Å². The van der Waals surface area contributed by atoms with Crippen LogP contribution in [0.1, 0.15) is 36.2 Å². The first-order valence-corrected chi connectivity index (χ1v) is 7.72. The van der Waals surface area contributed by atoms with E-state index in [0.717, 1.165) is 12.8 Å². The standard InChI is InChI=1S/C15H11Cl2F2NO3/c1-2-23-15(22)7-5-20(6-3-4-6)13-8(14(7)21)9(16)11(18)12(19)10(13)17/h5-6H,2-4H2,1H3. The monoisotopic (exact) mass is 361 g/mol. The summed E-state index contributed by atoms with van der Waals surface area (Å²) >= 11 is 11.7. The second-order valence-corrected chi connectivity index (χ2v) is 5.97. The van der Waals surface area contributed by atoms with Crippen LogP contribution in [0.3, 0.4) is 0 Å². The second-order valence-electron chi connectivity index (χ2n) is 5.21. The van der Waals surface area contributed by atoms with E-state index in [1.807, 2.05) is 0 Å². The van der Waals surface area contributed by atoms with Crippen LogP contribution in [0.5, 0.6) is 0 Å². The zero-order valence-electron chi connectivity index (χ0n) is 12.0. The van der Waals surface area contributed by atoms with Crippen molar-refractivity contribution in [2.24, 2.45) is 0 Å². The Balaban J connectivity index is 2.46. The van der Waals surface area contributed by atoms with Crippen molar-refractivity contribution in [3.8, 4) is 0 Å². The summed E-state index contributed by atoms with van der Waals surface area (Å²) in [5, 5.41) is -1.53. The van der Waals surface area contributed by atoms with Crippen molar-refractivity contribution in [2.45, 2.75) is 25.8 Å². The summed E-state index contributed by atoms with van der Waals surface area (Å²) in [6.07, 6.45) is 2.82. The van der Waals surface area contributed by atoms with Crippen LogP contribution in [0.4, 0.5) is 8.78 Å². The topological polar surface area (TPSA) is 48.3 Å². The van der Waals surface area contributed by atoms with E-state index in [4.69, 9.17) is 27.9 Å². The zero-order chi connectivity index (χ0) is 16.9. The van der Waals surface area contributed by atoms with Crippen molar-refractivity contribution in [1.82, 2.24) is 4.57 Å². The molecule has 122 valence electrons. The van der Waals surface area contributed by atoms with Gasteiger partial charge in [-0.05, 0) is 19.8 Å². The maximum Gasteiger partial charge on any atom is 0.343 e. The number of aromatic nitrogens is 1. The first-order valence-electron chi connectivity index (χ1n) is 6.96. The van der Waals surface area contributed by atoms with E-state index in [1.165, 1.54) is 10.8 Å². The number of halogens is 4. The molecule has 0 spiro atoms. The number of esters is 1. The van der Waals surface area contributed by atoms with Crippen LogP contribution in [0.15, 0.2) is 11.0 Å². The molecule has 4 nitrogen and oxygen atoms in total. The fraction of sp³-hybridized carbons (Fsp3) is 0.333. The Bertz CT molecular complexity index is 891. The van der Waals surface area contributed by atoms with Gasteiger partial charge in [-0.1, -0.05) is 23.2 Å². The maximum absolute atomic E-state index is 13.9. The van der Waals surface area contributed by atoms with E-state index < -0.39 is 33.1 Å². The predicted molar refractivity (Wildman–Crippen MR) is 82.4 cm³/mol. The summed E-state index contributed by atoms with van der Waals surface area (Å²) in [6, 6.07) is -0.0512. The van der Waals surface area contributed by atoms with Gasteiger partial charge in [0.25, 0.3) is 0 Å². The van der Waals surface area contributed by atoms with E-state index in [-0.39, 0.29) is 29.1 Å². The second kappa shape index (κ2) is 5.76. The number of carbonyl (C=O) groups is 1. The van der Waals surface area contributed by atoms with E-state index >= 15 is 0 Å². The summed E-state index contributed by atoms with van der Waals surface area (Å²) in [5.74, 6) is -3.57. The van der Waals surface area contributed by atoms with E-state index in [1.54, 1.807) is 6.92 Å². The summed E-state index contributed by atoms with van der Waals surface area (Å²) in [6.45, 7) is 1.67. The number of rotatable bonds is 3. The molecule has 1 aromatic carbocycles. The molecule has 1 aromatic heterocycles. The van der Waals surface area contributed by atoms with Crippen molar-refractivity contribution in [3.63, 3.8) is 0 Å². The molecule has 0 N–H and O–H groups in total. The molecular formula is C15H11Cl2F2NO3. The number of nitrogens with zero attached hydrogens (tertiary/aromatic N) is 1. The van der Waals surface area contributed by atoms with Gasteiger partial charge in [-0.25, -0.2) is 13.6 Å². The molecule has 0 radical (unpaired) electrons. The van der Waals surface area contributed by atoms with E-state index in [9.17, 15) is 18.4 Å². The average molecular weight is 362 g/mol. The molecule has 1 fully saturated rings. The number of fused-ring (bicyclic) bond motifs is 1. The lowest BCUT2D eigenvalue weighted by Crippen LogP contribution is -2.22. The molecule has 1 aliphatic carbocycles. The molecule has 1 heterocycles. The van der Waals surface area contributed by atoms with Crippen molar-refractivity contribution >= 4 is 40.1 Å². The normalized spacial score (nSPS) is 14.3. The molecule has 8 heteroatoms. The Morgan fingerprint density at radius 2 is 1.91 bits per heavy atom. The van der Waals surface area contributed by atoms with Crippen molar-refractivity contribution in [3.05, 3.63) is 43.7 Å². The average Bonchev–Trinajstić information content (AvgIpc) is 3.35. The fourth-order valence-corrected chi connectivity index (χ4v) is 2.99. The van der Waals surface area contributed by atoms with Crippen LogP contribution in [0, 0.1) is 11.6 Å². The highest BCUT2D eigenvalue weighted by molar-refractivity contribution is 6.40. The van der Waals surface area contributed by atoms with Gasteiger partial charge < -0.3 is 9.30 Å². The van der Waals surface area contributed by atoms with Gasteiger partial charge in [0.15, 0.2) is 11.6 Å². The highest BCUT2D eigenvalue weighted by atomic mass is 35.5. The number of pyridine rings is 1. The van der Waals surface area contributed by atoms with E-state index in [0.29, 0.717) is 0 Å². The number of benzene rings is 1. The van der Waals surface area contributed by atoms with Crippen molar-refractivity contribution < 1.29 is 18.3 Å². The summed E-state index contributed by atoms with van der Waals surface area (Å²) in [7, 11) is 0. The third-order valence-corrected chi connectivity index (χ3v) is 4.38. The molecule has 0 unspecified atom stereocenters. The lowest BCUT2D eigenvalue weighted by molar-refractivity contribution is 0.0524. The molecular weight excluding hydrogens is 351 g/mol. The molecule has 0 bridgehead atoms. The van der Waals surface area contributed by atoms with Crippen molar-refractivity contribution in [1.29, 1.82) is 0 Å². The van der Waals surface area contributed by atoms with Crippen LogP contribution in [-0.2, 0) is 4.74 Å². The Kier molecular flexibility index (Phi) is 4.06. The molecule has 1 saturated carbocycles. The smallest absolute Gasteiger partial charge is 0.343 e. The number of hydrogen-bond acceptors (Lipinski definition) is 3. The molecule has 23 heavy (non-hydrogen) atoms. The predicted octanol–water partition coefficient (Wildman–Crippen LogP) is 4.10. The molecule has 0 saturated heterocycles. The third-order valence-electron chi connectivity index (χ3n) is 3.68. The number of hydrogen-bond donors (Lipinski definition) is 0. The molecule has 1 aliphatic rings. The quantitative estimate of drug-likeness (QED) is 0.469.